The summed E-state index contributed by atoms with van der Waals surface area (Å²) in [6.07, 6.45) is 0.192. The number of nitrogens with one attached hydrogen (secondary N) is 2. The van der Waals surface area contributed by atoms with E-state index < -0.39 is 29.7 Å². The summed E-state index contributed by atoms with van der Waals surface area (Å²) in [4.78, 5) is 50.6. The first-order chi connectivity index (χ1) is 18.5. The fraction of sp³-hybridized carbons (Fsp3) is 0.600. The SMILES string of the molecule is O=C1CCC(N2C(=O)c3cccc(NCCOCCOCCOCCOCCOCCI)c3C2=O)C(=O)N1. The summed E-state index contributed by atoms with van der Waals surface area (Å²) in [5.74, 6) is -2.13. The second kappa shape index (κ2) is 16.7. The molecule has 12 nitrogen and oxygen atoms in total. The summed E-state index contributed by atoms with van der Waals surface area (Å²) in [5, 5.41) is 5.32. The van der Waals surface area contributed by atoms with Crippen molar-refractivity contribution in [3.63, 3.8) is 0 Å². The van der Waals surface area contributed by atoms with Crippen molar-refractivity contribution in [2.75, 3.05) is 82.4 Å². The van der Waals surface area contributed by atoms with Crippen molar-refractivity contribution >= 4 is 51.9 Å². The minimum absolute atomic E-state index is 0.0766. The molecule has 210 valence electrons. The fourth-order valence-corrected chi connectivity index (χ4v) is 4.27. The van der Waals surface area contributed by atoms with Gasteiger partial charge in [-0.15, -0.1) is 0 Å². The van der Waals surface area contributed by atoms with Crippen LogP contribution < -0.4 is 10.6 Å². The first-order valence-electron chi connectivity index (χ1n) is 12.6. The Labute approximate surface area is 235 Å². The van der Waals surface area contributed by atoms with Gasteiger partial charge in [-0.2, -0.15) is 0 Å². The van der Waals surface area contributed by atoms with Crippen molar-refractivity contribution in [2.24, 2.45) is 0 Å². The molecule has 0 aliphatic carbocycles. The Morgan fingerprint density at radius 3 is 1.97 bits per heavy atom. The van der Waals surface area contributed by atoms with E-state index in [0.717, 1.165) is 15.9 Å². The number of piperidine rings is 1. The van der Waals surface area contributed by atoms with Gasteiger partial charge >= 0.3 is 0 Å². The van der Waals surface area contributed by atoms with E-state index in [0.29, 0.717) is 71.7 Å². The van der Waals surface area contributed by atoms with Gasteiger partial charge in [0.1, 0.15) is 6.04 Å². The highest BCUT2D eigenvalue weighted by molar-refractivity contribution is 14.1. The number of amides is 4. The van der Waals surface area contributed by atoms with Crippen LogP contribution in [-0.2, 0) is 33.3 Å². The molecule has 2 aliphatic heterocycles. The second-order valence-corrected chi connectivity index (χ2v) is 9.43. The van der Waals surface area contributed by atoms with E-state index >= 15 is 0 Å². The van der Waals surface area contributed by atoms with Crippen LogP contribution in [0.3, 0.4) is 0 Å². The predicted molar refractivity (Wildman–Crippen MR) is 145 cm³/mol. The molecule has 2 aliphatic rings. The lowest BCUT2D eigenvalue weighted by atomic mass is 10.0. The Kier molecular flexibility index (Phi) is 13.4. The zero-order chi connectivity index (χ0) is 27.2. The maximum atomic E-state index is 13.1. The first kappa shape index (κ1) is 30.4. The van der Waals surface area contributed by atoms with Crippen LogP contribution in [0.4, 0.5) is 5.69 Å². The van der Waals surface area contributed by atoms with Gasteiger partial charge in [0.05, 0.1) is 77.2 Å². The number of halogens is 1. The van der Waals surface area contributed by atoms with E-state index in [2.05, 4.69) is 33.2 Å². The van der Waals surface area contributed by atoms with Gasteiger partial charge in [0.15, 0.2) is 0 Å². The molecule has 1 saturated heterocycles. The largest absolute Gasteiger partial charge is 0.382 e. The number of carbonyl (C=O) groups is 4. The molecule has 1 aromatic carbocycles. The van der Waals surface area contributed by atoms with Crippen molar-refractivity contribution in [3.05, 3.63) is 29.3 Å². The number of benzene rings is 1. The number of fused-ring (bicyclic) bond motifs is 1. The molecule has 0 aromatic heterocycles. The highest BCUT2D eigenvalue weighted by Crippen LogP contribution is 2.32. The molecular weight excluding hydrogens is 613 g/mol. The van der Waals surface area contributed by atoms with Gasteiger partial charge in [-0.1, -0.05) is 28.7 Å². The van der Waals surface area contributed by atoms with Crippen LogP contribution in [-0.4, -0.2) is 112 Å². The van der Waals surface area contributed by atoms with Gasteiger partial charge in [-0.05, 0) is 18.6 Å². The summed E-state index contributed by atoms with van der Waals surface area (Å²) in [6.45, 7) is 5.42. The summed E-state index contributed by atoms with van der Waals surface area (Å²) >= 11 is 2.26. The molecule has 1 atom stereocenters. The molecular formula is C25H34IN3O9. The van der Waals surface area contributed by atoms with Crippen molar-refractivity contribution in [1.82, 2.24) is 10.2 Å². The van der Waals surface area contributed by atoms with Crippen LogP contribution in [0.15, 0.2) is 18.2 Å². The molecule has 1 fully saturated rings. The van der Waals surface area contributed by atoms with Gasteiger partial charge in [-0.25, -0.2) is 0 Å². The molecule has 1 aromatic rings. The lowest BCUT2D eigenvalue weighted by Gasteiger charge is -2.27. The fourth-order valence-electron chi connectivity index (χ4n) is 3.96. The van der Waals surface area contributed by atoms with Gasteiger partial charge in [-0.3, -0.25) is 29.4 Å². The number of ether oxygens (including phenoxy) is 5. The minimum atomic E-state index is -0.995. The molecule has 0 radical (unpaired) electrons. The Bertz CT molecular complexity index is 962. The van der Waals surface area contributed by atoms with Gasteiger partial charge in [0.2, 0.25) is 11.8 Å². The van der Waals surface area contributed by atoms with E-state index in [9.17, 15) is 19.2 Å². The molecule has 2 heterocycles. The molecule has 0 bridgehead atoms. The summed E-state index contributed by atoms with van der Waals surface area (Å²) in [6, 6.07) is 3.93. The summed E-state index contributed by atoms with van der Waals surface area (Å²) in [7, 11) is 0. The van der Waals surface area contributed by atoms with Gasteiger partial charge in [0.25, 0.3) is 11.8 Å². The number of anilines is 1. The maximum absolute atomic E-state index is 13.1. The molecule has 1 unspecified atom stereocenters. The average Bonchev–Trinajstić information content (AvgIpc) is 3.16. The smallest absolute Gasteiger partial charge is 0.264 e. The van der Waals surface area contributed by atoms with E-state index in [1.807, 2.05) is 0 Å². The lowest BCUT2D eigenvalue weighted by Crippen LogP contribution is -2.54. The Morgan fingerprint density at radius 1 is 0.816 bits per heavy atom. The molecule has 4 amide bonds. The van der Waals surface area contributed by atoms with E-state index in [4.69, 9.17) is 23.7 Å². The number of imide groups is 2. The van der Waals surface area contributed by atoms with Crippen LogP contribution >= 0.6 is 22.6 Å². The maximum Gasteiger partial charge on any atom is 0.264 e. The van der Waals surface area contributed by atoms with Crippen LogP contribution in [0.5, 0.6) is 0 Å². The second-order valence-electron chi connectivity index (χ2n) is 8.35. The van der Waals surface area contributed by atoms with Crippen LogP contribution in [0, 0.1) is 0 Å². The van der Waals surface area contributed by atoms with Crippen molar-refractivity contribution in [3.8, 4) is 0 Å². The third-order valence-electron chi connectivity index (χ3n) is 5.74. The zero-order valence-corrected chi connectivity index (χ0v) is 23.4. The lowest BCUT2D eigenvalue weighted by molar-refractivity contribution is -0.136. The molecule has 0 spiro atoms. The third kappa shape index (κ3) is 8.95. The normalized spacial score (nSPS) is 17.2. The number of alkyl halides is 1. The molecule has 13 heteroatoms. The highest BCUT2D eigenvalue weighted by Gasteiger charge is 2.45. The summed E-state index contributed by atoms with van der Waals surface area (Å²) < 4.78 is 28.1. The quantitative estimate of drug-likeness (QED) is 0.0968. The molecule has 0 saturated carbocycles. The van der Waals surface area contributed by atoms with E-state index in [-0.39, 0.29) is 24.0 Å². The molecule has 38 heavy (non-hydrogen) atoms. The minimum Gasteiger partial charge on any atom is -0.382 e. The van der Waals surface area contributed by atoms with Crippen molar-refractivity contribution in [2.45, 2.75) is 18.9 Å². The Hall–Kier alpha value is -2.17. The van der Waals surface area contributed by atoms with Crippen LogP contribution in [0.1, 0.15) is 33.6 Å². The predicted octanol–water partition coefficient (Wildman–Crippen LogP) is 1.02. The number of rotatable bonds is 19. The van der Waals surface area contributed by atoms with Gasteiger partial charge in [0, 0.05) is 23.1 Å². The number of carbonyl (C=O) groups excluding carboxylic acids is 4. The third-order valence-corrected chi connectivity index (χ3v) is 6.18. The van der Waals surface area contributed by atoms with Crippen molar-refractivity contribution in [1.29, 1.82) is 0 Å². The first-order valence-corrected chi connectivity index (χ1v) is 14.1. The topological polar surface area (TPSA) is 142 Å². The standard InChI is InChI=1S/C25H34IN3O9/c26-6-8-34-10-12-36-14-16-38-17-15-37-13-11-35-9-7-27-19-3-1-2-18-22(19)25(33)29(24(18)32)20-4-5-21(30)28-23(20)31/h1-3,20,27H,4-17H2,(H,28,30,31). The van der Waals surface area contributed by atoms with Crippen LogP contribution in [0.2, 0.25) is 0 Å². The average molecular weight is 647 g/mol. The Morgan fingerprint density at radius 2 is 1.39 bits per heavy atom. The summed E-state index contributed by atoms with van der Waals surface area (Å²) in [5.41, 5.74) is 0.943. The Balaban J connectivity index is 1.26. The number of hydrogen-bond donors (Lipinski definition) is 2. The monoisotopic (exact) mass is 647 g/mol. The van der Waals surface area contributed by atoms with E-state index in [1.54, 1.807) is 18.2 Å². The number of hydrogen-bond acceptors (Lipinski definition) is 10. The van der Waals surface area contributed by atoms with Crippen molar-refractivity contribution < 1.29 is 42.9 Å². The molecule has 2 N–H and O–H groups in total. The zero-order valence-electron chi connectivity index (χ0n) is 21.2. The number of nitrogens with zero attached hydrogens (tertiary/aromatic N) is 1. The molecule has 3 rings (SSSR count). The van der Waals surface area contributed by atoms with Gasteiger partial charge < -0.3 is 29.0 Å². The van der Waals surface area contributed by atoms with Crippen LogP contribution in [0.25, 0.3) is 0 Å². The highest BCUT2D eigenvalue weighted by atomic mass is 127. The van der Waals surface area contributed by atoms with E-state index in [1.165, 1.54) is 0 Å².